The first-order valence-corrected chi connectivity index (χ1v) is 4.20. The molecule has 0 saturated carbocycles. The van der Waals surface area contributed by atoms with Crippen LogP contribution < -0.4 is 5.56 Å². The van der Waals surface area contributed by atoms with Crippen molar-refractivity contribution in [1.82, 2.24) is 9.55 Å². The molecule has 0 aliphatic heterocycles. The minimum absolute atomic E-state index is 0.0583. The van der Waals surface area contributed by atoms with E-state index in [0.717, 1.165) is 12.1 Å². The zero-order chi connectivity index (χ0) is 9.68. The molecule has 0 unspecified atom stereocenters. The molecule has 0 bridgehead atoms. The Kier molecular flexibility index (Phi) is 3.27. The quantitative estimate of drug-likeness (QED) is 0.508. The molecule has 0 saturated heterocycles. The van der Waals surface area contributed by atoms with E-state index in [4.69, 9.17) is 6.42 Å². The molecule has 0 N–H and O–H groups in total. The van der Waals surface area contributed by atoms with Crippen LogP contribution in [0.15, 0.2) is 17.2 Å². The largest absolute Gasteiger partial charge is 0.310 e. The maximum Gasteiger partial charge on any atom is 0.269 e. The van der Waals surface area contributed by atoms with Gasteiger partial charge in [-0.05, 0) is 13.3 Å². The summed E-state index contributed by atoms with van der Waals surface area (Å²) in [6.07, 6.45) is 9.66. The minimum atomic E-state index is -0.0583. The molecule has 0 fully saturated rings. The van der Waals surface area contributed by atoms with Gasteiger partial charge in [-0.2, -0.15) is 0 Å². The lowest BCUT2D eigenvalue weighted by Gasteiger charge is -2.06. The highest BCUT2D eigenvalue weighted by Crippen LogP contribution is 1.95. The van der Waals surface area contributed by atoms with Crippen molar-refractivity contribution in [2.75, 3.05) is 0 Å². The van der Waals surface area contributed by atoms with Crippen molar-refractivity contribution < 1.29 is 0 Å². The van der Waals surface area contributed by atoms with Crippen molar-refractivity contribution in [3.05, 3.63) is 28.4 Å². The fourth-order valence-electron chi connectivity index (χ4n) is 1.15. The maximum absolute atomic E-state index is 11.3. The molecule has 1 heterocycles. The molecule has 3 nitrogen and oxygen atoms in total. The third-order valence-electron chi connectivity index (χ3n) is 1.84. The van der Waals surface area contributed by atoms with E-state index in [1.54, 1.807) is 10.8 Å². The lowest BCUT2D eigenvalue weighted by atomic mass is 10.3. The molecule has 1 aromatic rings. The summed E-state index contributed by atoms with van der Waals surface area (Å²) in [4.78, 5) is 15.1. The Morgan fingerprint density at radius 2 is 2.38 bits per heavy atom. The second-order valence-electron chi connectivity index (χ2n) is 2.85. The van der Waals surface area contributed by atoms with E-state index >= 15 is 0 Å². The van der Waals surface area contributed by atoms with Crippen molar-refractivity contribution in [3.8, 4) is 12.3 Å². The van der Waals surface area contributed by atoms with E-state index in [2.05, 4.69) is 10.9 Å². The zero-order valence-corrected chi connectivity index (χ0v) is 7.66. The lowest BCUT2D eigenvalue weighted by Crippen LogP contribution is -2.21. The summed E-state index contributed by atoms with van der Waals surface area (Å²) in [6, 6.07) is 0. The van der Waals surface area contributed by atoms with Crippen molar-refractivity contribution >= 4 is 0 Å². The number of nitrogens with zero attached hydrogens (tertiary/aromatic N) is 2. The van der Waals surface area contributed by atoms with Gasteiger partial charge in [-0.25, -0.2) is 0 Å². The molecule has 0 spiro atoms. The molecule has 68 valence electrons. The Morgan fingerprint density at radius 1 is 1.62 bits per heavy atom. The minimum Gasteiger partial charge on any atom is -0.310 e. The lowest BCUT2D eigenvalue weighted by molar-refractivity contribution is 0.611. The highest BCUT2D eigenvalue weighted by molar-refractivity contribution is 4.95. The Hall–Kier alpha value is -1.56. The monoisotopic (exact) mass is 176 g/mol. The van der Waals surface area contributed by atoms with Crippen molar-refractivity contribution in [2.45, 2.75) is 26.3 Å². The molecule has 13 heavy (non-hydrogen) atoms. The molecule has 0 amide bonds. The summed E-state index contributed by atoms with van der Waals surface area (Å²) in [5, 5.41) is 0. The van der Waals surface area contributed by atoms with E-state index in [9.17, 15) is 4.79 Å². The highest BCUT2D eigenvalue weighted by Gasteiger charge is 1.97. The van der Waals surface area contributed by atoms with Gasteiger partial charge < -0.3 is 4.57 Å². The predicted octanol–water partition coefficient (Wildman–Crippen LogP) is 0.965. The van der Waals surface area contributed by atoms with E-state index in [1.807, 2.05) is 6.92 Å². The molecule has 3 heteroatoms. The number of unbranched alkanes of at least 4 members (excludes halogenated alkanes) is 1. The second-order valence-corrected chi connectivity index (χ2v) is 2.85. The third kappa shape index (κ3) is 2.45. The van der Waals surface area contributed by atoms with Crippen LogP contribution in [0.2, 0.25) is 0 Å². The van der Waals surface area contributed by atoms with Crippen LogP contribution in [0.5, 0.6) is 0 Å². The van der Waals surface area contributed by atoms with Crippen LogP contribution in [0.1, 0.15) is 18.5 Å². The average Bonchev–Trinajstić information content (AvgIpc) is 2.10. The maximum atomic E-state index is 11.3. The molecule has 1 aromatic heterocycles. The van der Waals surface area contributed by atoms with Gasteiger partial charge >= 0.3 is 0 Å². The molecule has 0 aliphatic carbocycles. The smallest absolute Gasteiger partial charge is 0.269 e. The van der Waals surface area contributed by atoms with Gasteiger partial charge in [0.05, 0.1) is 6.20 Å². The van der Waals surface area contributed by atoms with E-state index < -0.39 is 0 Å². The summed E-state index contributed by atoms with van der Waals surface area (Å²) < 4.78 is 1.68. The average molecular weight is 176 g/mol. The summed E-state index contributed by atoms with van der Waals surface area (Å²) in [5.74, 6) is 2.55. The SMILES string of the molecule is C#CCCCn1c(C)cncc1=O. The highest BCUT2D eigenvalue weighted by atomic mass is 16.1. The fourth-order valence-corrected chi connectivity index (χ4v) is 1.15. The zero-order valence-electron chi connectivity index (χ0n) is 7.66. The van der Waals surface area contributed by atoms with Gasteiger partial charge in [0, 0.05) is 24.9 Å². The molecule has 0 aromatic carbocycles. The standard InChI is InChI=1S/C10H12N2O/c1-3-4-5-6-12-9(2)7-11-8-10(12)13/h1,7-8H,4-6H2,2H3. The van der Waals surface area contributed by atoms with Gasteiger partial charge in [-0.15, -0.1) is 12.3 Å². The Balaban J connectivity index is 2.77. The Bertz CT molecular complexity index is 373. The van der Waals surface area contributed by atoms with Crippen LogP contribution >= 0.6 is 0 Å². The van der Waals surface area contributed by atoms with Gasteiger partial charge in [0.15, 0.2) is 0 Å². The van der Waals surface area contributed by atoms with Crippen LogP contribution in [-0.4, -0.2) is 9.55 Å². The van der Waals surface area contributed by atoms with Crippen molar-refractivity contribution in [2.24, 2.45) is 0 Å². The normalized spacial score (nSPS) is 9.54. The van der Waals surface area contributed by atoms with Crippen LogP contribution in [0, 0.1) is 19.3 Å². The number of aryl methyl sites for hydroxylation is 1. The Labute approximate surface area is 77.4 Å². The van der Waals surface area contributed by atoms with Crippen LogP contribution in [0.3, 0.4) is 0 Å². The van der Waals surface area contributed by atoms with Crippen LogP contribution in [-0.2, 0) is 6.54 Å². The molecule has 1 rings (SSSR count). The van der Waals surface area contributed by atoms with Gasteiger partial charge in [0.2, 0.25) is 0 Å². The first-order valence-electron chi connectivity index (χ1n) is 4.20. The molecule has 0 atom stereocenters. The van der Waals surface area contributed by atoms with E-state index in [1.165, 1.54) is 6.20 Å². The second kappa shape index (κ2) is 4.46. The molecular weight excluding hydrogens is 164 g/mol. The van der Waals surface area contributed by atoms with Gasteiger partial charge in [0.25, 0.3) is 5.56 Å². The first-order chi connectivity index (χ1) is 6.25. The van der Waals surface area contributed by atoms with Crippen molar-refractivity contribution in [1.29, 1.82) is 0 Å². The van der Waals surface area contributed by atoms with E-state index in [0.29, 0.717) is 13.0 Å². The van der Waals surface area contributed by atoms with Crippen LogP contribution in [0.25, 0.3) is 0 Å². The molecular formula is C10H12N2O. The number of rotatable bonds is 3. The molecule has 0 aliphatic rings. The molecule has 0 radical (unpaired) electrons. The van der Waals surface area contributed by atoms with Gasteiger partial charge in [0.1, 0.15) is 0 Å². The number of hydrogen-bond donors (Lipinski definition) is 0. The fraction of sp³-hybridized carbons (Fsp3) is 0.400. The summed E-state index contributed by atoms with van der Waals surface area (Å²) in [6.45, 7) is 2.54. The van der Waals surface area contributed by atoms with Gasteiger partial charge in [-0.3, -0.25) is 9.78 Å². The van der Waals surface area contributed by atoms with Crippen LogP contribution in [0.4, 0.5) is 0 Å². The topological polar surface area (TPSA) is 34.9 Å². The number of hydrogen-bond acceptors (Lipinski definition) is 2. The number of aromatic nitrogens is 2. The van der Waals surface area contributed by atoms with E-state index in [-0.39, 0.29) is 5.56 Å². The summed E-state index contributed by atoms with van der Waals surface area (Å²) in [7, 11) is 0. The van der Waals surface area contributed by atoms with Gasteiger partial charge in [-0.1, -0.05) is 0 Å². The summed E-state index contributed by atoms with van der Waals surface area (Å²) in [5.41, 5.74) is 0.821. The Morgan fingerprint density at radius 3 is 3.00 bits per heavy atom. The first kappa shape index (κ1) is 9.53. The number of terminal acetylenes is 1. The van der Waals surface area contributed by atoms with Crippen molar-refractivity contribution in [3.63, 3.8) is 0 Å². The summed E-state index contributed by atoms with van der Waals surface area (Å²) >= 11 is 0. The predicted molar refractivity (Wildman–Crippen MR) is 51.3 cm³/mol. The third-order valence-corrected chi connectivity index (χ3v) is 1.84.